The van der Waals surface area contributed by atoms with Crippen molar-refractivity contribution in [3.8, 4) is 5.75 Å². The Hall–Kier alpha value is -0.550. The van der Waals surface area contributed by atoms with Crippen molar-refractivity contribution in [2.45, 2.75) is 36.6 Å². The second-order valence-corrected chi connectivity index (χ2v) is 6.98. The quantitative estimate of drug-likeness (QED) is 0.795. The van der Waals surface area contributed by atoms with Gasteiger partial charge in [0.1, 0.15) is 5.75 Å². The molecule has 104 valence electrons. The minimum absolute atomic E-state index is 0.0534. The van der Waals surface area contributed by atoms with Crippen LogP contribution >= 0.6 is 31.9 Å². The smallest absolute Gasteiger partial charge is 0.255 e. The number of benzene rings is 1. The normalized spacial score (nSPS) is 22.9. The van der Waals surface area contributed by atoms with Crippen molar-refractivity contribution in [3.05, 3.63) is 28.2 Å². The maximum atomic E-state index is 12.3. The number of methoxy groups -OCH3 is 1. The molecule has 3 nitrogen and oxygen atoms in total. The highest BCUT2D eigenvalue weighted by atomic mass is 79.9. The summed E-state index contributed by atoms with van der Waals surface area (Å²) in [6.07, 6.45) is 4.28. The average molecular weight is 391 g/mol. The highest BCUT2D eigenvalue weighted by Crippen LogP contribution is 2.26. The topological polar surface area (TPSA) is 38.3 Å². The van der Waals surface area contributed by atoms with Crippen molar-refractivity contribution in [1.29, 1.82) is 0 Å². The van der Waals surface area contributed by atoms with Crippen LogP contribution in [0.3, 0.4) is 0 Å². The van der Waals surface area contributed by atoms with E-state index in [9.17, 15) is 4.79 Å². The molecule has 0 aromatic heterocycles. The van der Waals surface area contributed by atoms with E-state index in [4.69, 9.17) is 4.74 Å². The number of carbonyl (C=O) groups excluding carboxylic acids is 1. The summed E-state index contributed by atoms with van der Waals surface area (Å²) in [7, 11) is 1.58. The minimum atomic E-state index is -0.0534. The Labute approximate surface area is 130 Å². The number of halogens is 2. The van der Waals surface area contributed by atoms with Gasteiger partial charge in [-0.15, -0.1) is 0 Å². The van der Waals surface area contributed by atoms with Gasteiger partial charge in [0.2, 0.25) is 0 Å². The van der Waals surface area contributed by atoms with E-state index >= 15 is 0 Å². The third kappa shape index (κ3) is 3.96. The van der Waals surface area contributed by atoms with Crippen molar-refractivity contribution >= 4 is 37.8 Å². The first-order valence-electron chi connectivity index (χ1n) is 6.38. The fourth-order valence-corrected chi connectivity index (χ4v) is 3.18. The van der Waals surface area contributed by atoms with Crippen LogP contribution in [0, 0.1) is 0 Å². The summed E-state index contributed by atoms with van der Waals surface area (Å²) in [6, 6.07) is 5.72. The molecular formula is C14H17Br2NO2. The predicted octanol–water partition coefficient (Wildman–Crippen LogP) is 3.89. The summed E-state index contributed by atoms with van der Waals surface area (Å²) in [4.78, 5) is 12.9. The molecule has 1 amide bonds. The molecule has 0 bridgehead atoms. The maximum absolute atomic E-state index is 12.3. The standard InChI is InChI=1S/C14H17Br2NO2/c1-19-13-8-10(16)4-7-12(13)14(18)17-11-5-2-9(15)3-6-11/h4,7-9,11H,2-3,5-6H2,1H3,(H,17,18). The fraction of sp³-hybridized carbons (Fsp3) is 0.500. The molecule has 1 aromatic carbocycles. The number of rotatable bonds is 3. The van der Waals surface area contributed by atoms with E-state index in [1.807, 2.05) is 12.1 Å². The molecule has 0 radical (unpaired) electrons. The van der Waals surface area contributed by atoms with Gasteiger partial charge in [-0.25, -0.2) is 0 Å². The van der Waals surface area contributed by atoms with Crippen LogP contribution in [0.4, 0.5) is 0 Å². The van der Waals surface area contributed by atoms with Crippen molar-refractivity contribution in [1.82, 2.24) is 5.32 Å². The molecule has 0 saturated heterocycles. The maximum Gasteiger partial charge on any atom is 0.255 e. The van der Waals surface area contributed by atoms with Gasteiger partial charge in [-0.3, -0.25) is 4.79 Å². The second-order valence-electron chi connectivity index (χ2n) is 4.77. The Morgan fingerprint density at radius 2 is 2.00 bits per heavy atom. The highest BCUT2D eigenvalue weighted by Gasteiger charge is 2.22. The Bertz CT molecular complexity index is 457. The SMILES string of the molecule is COc1cc(Br)ccc1C(=O)NC1CCC(Br)CC1. The van der Waals surface area contributed by atoms with Gasteiger partial charge in [-0.2, -0.15) is 0 Å². The van der Waals surface area contributed by atoms with Crippen LogP contribution in [-0.4, -0.2) is 23.9 Å². The lowest BCUT2D eigenvalue weighted by Crippen LogP contribution is -2.37. The van der Waals surface area contributed by atoms with E-state index in [0.717, 1.165) is 30.2 Å². The average Bonchev–Trinajstić information content (AvgIpc) is 2.41. The van der Waals surface area contributed by atoms with Crippen LogP contribution in [0.2, 0.25) is 0 Å². The molecular weight excluding hydrogens is 374 g/mol. The summed E-state index contributed by atoms with van der Waals surface area (Å²) >= 11 is 6.99. The second kappa shape index (κ2) is 6.75. The molecule has 0 unspecified atom stereocenters. The number of nitrogens with one attached hydrogen (secondary N) is 1. The summed E-state index contributed by atoms with van der Waals surface area (Å²) in [5, 5.41) is 3.09. The largest absolute Gasteiger partial charge is 0.496 e. The number of amides is 1. The molecule has 2 rings (SSSR count). The molecule has 0 heterocycles. The third-order valence-corrected chi connectivity index (χ3v) is 4.81. The van der Waals surface area contributed by atoms with Crippen molar-refractivity contribution in [3.63, 3.8) is 0 Å². The van der Waals surface area contributed by atoms with Crippen LogP contribution < -0.4 is 10.1 Å². The zero-order valence-corrected chi connectivity index (χ0v) is 14.0. The van der Waals surface area contributed by atoms with E-state index < -0.39 is 0 Å². The van der Waals surface area contributed by atoms with Crippen molar-refractivity contribution in [2.24, 2.45) is 0 Å². The van der Waals surface area contributed by atoms with E-state index in [0.29, 0.717) is 16.1 Å². The van der Waals surface area contributed by atoms with Gasteiger partial charge in [0.25, 0.3) is 5.91 Å². The predicted molar refractivity (Wildman–Crippen MR) is 83.1 cm³/mol. The first-order valence-corrected chi connectivity index (χ1v) is 8.09. The van der Waals surface area contributed by atoms with Crippen LogP contribution in [0.25, 0.3) is 0 Å². The lowest BCUT2D eigenvalue weighted by Gasteiger charge is -2.26. The van der Waals surface area contributed by atoms with Gasteiger partial charge < -0.3 is 10.1 Å². The molecule has 0 atom stereocenters. The van der Waals surface area contributed by atoms with Gasteiger partial charge in [-0.05, 0) is 43.9 Å². The summed E-state index contributed by atoms with van der Waals surface area (Å²) < 4.78 is 6.16. The van der Waals surface area contributed by atoms with E-state index in [1.54, 1.807) is 13.2 Å². The molecule has 0 aliphatic heterocycles. The number of carbonyl (C=O) groups is 1. The van der Waals surface area contributed by atoms with Crippen molar-refractivity contribution in [2.75, 3.05) is 7.11 Å². The molecule has 0 spiro atoms. The minimum Gasteiger partial charge on any atom is -0.496 e. The molecule has 19 heavy (non-hydrogen) atoms. The number of ether oxygens (including phenoxy) is 1. The van der Waals surface area contributed by atoms with Crippen LogP contribution in [0.1, 0.15) is 36.0 Å². The molecule has 1 aromatic rings. The Kier molecular flexibility index (Phi) is 5.28. The van der Waals surface area contributed by atoms with Crippen LogP contribution in [0.15, 0.2) is 22.7 Å². The molecule has 5 heteroatoms. The zero-order chi connectivity index (χ0) is 13.8. The third-order valence-electron chi connectivity index (χ3n) is 3.40. The highest BCUT2D eigenvalue weighted by molar-refractivity contribution is 9.10. The molecule has 1 N–H and O–H groups in total. The van der Waals surface area contributed by atoms with Gasteiger partial charge in [-0.1, -0.05) is 31.9 Å². The molecule has 1 aliphatic carbocycles. The number of hydrogen-bond acceptors (Lipinski definition) is 2. The van der Waals surface area contributed by atoms with Gasteiger partial charge in [0, 0.05) is 15.3 Å². The van der Waals surface area contributed by atoms with E-state index in [-0.39, 0.29) is 11.9 Å². The molecule has 1 aliphatic rings. The summed E-state index contributed by atoms with van der Waals surface area (Å²) in [5.74, 6) is 0.545. The first kappa shape index (κ1) is 14.9. The molecule has 1 fully saturated rings. The van der Waals surface area contributed by atoms with Crippen LogP contribution in [-0.2, 0) is 0 Å². The Balaban J connectivity index is 2.03. The van der Waals surface area contributed by atoms with E-state index in [1.165, 1.54) is 0 Å². The summed E-state index contributed by atoms with van der Waals surface area (Å²) in [5.41, 5.74) is 0.590. The van der Waals surface area contributed by atoms with Gasteiger partial charge in [0.15, 0.2) is 0 Å². The Morgan fingerprint density at radius 1 is 1.32 bits per heavy atom. The van der Waals surface area contributed by atoms with Gasteiger partial charge in [0.05, 0.1) is 12.7 Å². The van der Waals surface area contributed by atoms with E-state index in [2.05, 4.69) is 37.2 Å². The lowest BCUT2D eigenvalue weighted by molar-refractivity contribution is 0.0925. The zero-order valence-electron chi connectivity index (χ0n) is 10.8. The number of hydrogen-bond donors (Lipinski definition) is 1. The van der Waals surface area contributed by atoms with Crippen LogP contribution in [0.5, 0.6) is 5.75 Å². The summed E-state index contributed by atoms with van der Waals surface area (Å²) in [6.45, 7) is 0. The first-order chi connectivity index (χ1) is 9.10. The van der Waals surface area contributed by atoms with Gasteiger partial charge >= 0.3 is 0 Å². The Morgan fingerprint density at radius 3 is 2.63 bits per heavy atom. The fourth-order valence-electron chi connectivity index (χ4n) is 2.31. The lowest BCUT2D eigenvalue weighted by atomic mass is 9.95. The number of alkyl halides is 1. The van der Waals surface area contributed by atoms with Crippen molar-refractivity contribution < 1.29 is 9.53 Å². The molecule has 1 saturated carbocycles. The monoisotopic (exact) mass is 389 g/mol.